The average molecular weight is 311 g/mol. The number of ether oxygens (including phenoxy) is 1. The molecule has 110 valence electrons. The van der Waals surface area contributed by atoms with Crippen LogP contribution < -0.4 is 0 Å². The standard InChI is InChI=1S/C16H13N3O2S/c1-21-15(20)14-11(9-17-16(19-14)22-2)13-8-7-10-5-3-4-6-12(10)18-13/h3-9H,1-2H3. The number of methoxy groups -OCH3 is 1. The molecule has 0 amide bonds. The van der Waals surface area contributed by atoms with Gasteiger partial charge in [0.1, 0.15) is 0 Å². The number of esters is 1. The Bertz CT molecular complexity index is 852. The summed E-state index contributed by atoms with van der Waals surface area (Å²) >= 11 is 1.37. The largest absolute Gasteiger partial charge is 0.464 e. The third kappa shape index (κ3) is 2.65. The van der Waals surface area contributed by atoms with E-state index in [1.54, 1.807) is 6.20 Å². The summed E-state index contributed by atoms with van der Waals surface area (Å²) in [6, 6.07) is 11.6. The van der Waals surface area contributed by atoms with E-state index in [2.05, 4.69) is 15.0 Å². The monoisotopic (exact) mass is 311 g/mol. The van der Waals surface area contributed by atoms with Crippen LogP contribution in [0.15, 0.2) is 47.8 Å². The number of carbonyl (C=O) groups excluding carboxylic acids is 1. The summed E-state index contributed by atoms with van der Waals surface area (Å²) in [5, 5.41) is 1.55. The van der Waals surface area contributed by atoms with E-state index in [0.29, 0.717) is 16.4 Å². The number of aromatic nitrogens is 3. The van der Waals surface area contributed by atoms with E-state index in [1.807, 2.05) is 42.7 Å². The number of carbonyl (C=O) groups is 1. The van der Waals surface area contributed by atoms with Gasteiger partial charge in [-0.05, 0) is 18.4 Å². The van der Waals surface area contributed by atoms with Gasteiger partial charge >= 0.3 is 5.97 Å². The first-order chi connectivity index (χ1) is 10.7. The fraction of sp³-hybridized carbons (Fsp3) is 0.125. The Morgan fingerprint density at radius 3 is 2.73 bits per heavy atom. The SMILES string of the molecule is COC(=O)c1nc(SC)ncc1-c1ccc2ccccc2n1. The van der Waals surface area contributed by atoms with Crippen molar-refractivity contribution in [2.45, 2.75) is 5.16 Å². The Morgan fingerprint density at radius 1 is 1.14 bits per heavy atom. The number of benzene rings is 1. The van der Waals surface area contributed by atoms with E-state index >= 15 is 0 Å². The van der Waals surface area contributed by atoms with Gasteiger partial charge < -0.3 is 4.74 Å². The zero-order valence-corrected chi connectivity index (χ0v) is 12.9. The number of pyridine rings is 1. The number of fused-ring (bicyclic) bond motifs is 1. The minimum absolute atomic E-state index is 0.227. The first-order valence-electron chi connectivity index (χ1n) is 6.58. The maximum Gasteiger partial charge on any atom is 0.357 e. The second-order valence-corrected chi connectivity index (χ2v) is 5.27. The molecule has 0 unspecified atom stereocenters. The Hall–Kier alpha value is -2.47. The molecule has 0 radical (unpaired) electrons. The van der Waals surface area contributed by atoms with Crippen molar-refractivity contribution in [3.63, 3.8) is 0 Å². The smallest absolute Gasteiger partial charge is 0.357 e. The van der Waals surface area contributed by atoms with Crippen LogP contribution in [0.4, 0.5) is 0 Å². The van der Waals surface area contributed by atoms with Crippen LogP contribution in [-0.2, 0) is 4.74 Å². The highest BCUT2D eigenvalue weighted by Gasteiger charge is 2.18. The summed E-state index contributed by atoms with van der Waals surface area (Å²) in [5.74, 6) is -0.498. The van der Waals surface area contributed by atoms with Gasteiger partial charge in [-0.15, -0.1) is 0 Å². The zero-order chi connectivity index (χ0) is 15.5. The van der Waals surface area contributed by atoms with E-state index in [1.165, 1.54) is 18.9 Å². The van der Waals surface area contributed by atoms with Gasteiger partial charge in [-0.1, -0.05) is 36.0 Å². The number of hydrogen-bond acceptors (Lipinski definition) is 6. The van der Waals surface area contributed by atoms with Gasteiger partial charge in [0.05, 0.1) is 23.9 Å². The summed E-state index contributed by atoms with van der Waals surface area (Å²) < 4.78 is 4.82. The van der Waals surface area contributed by atoms with Crippen LogP contribution in [-0.4, -0.2) is 34.3 Å². The average Bonchev–Trinajstić information content (AvgIpc) is 2.60. The third-order valence-corrected chi connectivity index (χ3v) is 3.76. The summed E-state index contributed by atoms with van der Waals surface area (Å²) in [6.45, 7) is 0. The number of rotatable bonds is 3. The number of nitrogens with zero attached hydrogens (tertiary/aromatic N) is 3. The maximum atomic E-state index is 12.0. The minimum atomic E-state index is -0.498. The molecule has 0 N–H and O–H groups in total. The summed E-state index contributed by atoms with van der Waals surface area (Å²) in [6.07, 6.45) is 3.46. The normalized spacial score (nSPS) is 10.6. The van der Waals surface area contributed by atoms with Crippen LogP contribution in [0.3, 0.4) is 0 Å². The Kier molecular flexibility index (Phi) is 4.02. The highest BCUT2D eigenvalue weighted by molar-refractivity contribution is 7.98. The molecular weight excluding hydrogens is 298 g/mol. The lowest BCUT2D eigenvalue weighted by Crippen LogP contribution is -2.09. The molecule has 2 aromatic heterocycles. The summed E-state index contributed by atoms with van der Waals surface area (Å²) in [5.41, 5.74) is 2.29. The van der Waals surface area contributed by atoms with E-state index in [4.69, 9.17) is 4.74 Å². The number of para-hydroxylation sites is 1. The fourth-order valence-electron chi connectivity index (χ4n) is 2.12. The Labute approximate surface area is 131 Å². The molecule has 0 aliphatic rings. The molecule has 0 fully saturated rings. The van der Waals surface area contributed by atoms with E-state index in [-0.39, 0.29) is 5.69 Å². The lowest BCUT2D eigenvalue weighted by Gasteiger charge is -2.08. The topological polar surface area (TPSA) is 65.0 Å². The Balaban J connectivity index is 2.18. The first kappa shape index (κ1) is 14.5. The van der Waals surface area contributed by atoms with E-state index in [9.17, 15) is 4.79 Å². The third-order valence-electron chi connectivity index (χ3n) is 3.20. The Morgan fingerprint density at radius 2 is 1.95 bits per heavy atom. The lowest BCUT2D eigenvalue weighted by molar-refractivity contribution is 0.0594. The van der Waals surface area contributed by atoms with Crippen LogP contribution in [0.5, 0.6) is 0 Å². The van der Waals surface area contributed by atoms with Gasteiger partial charge in [0, 0.05) is 11.6 Å². The highest BCUT2D eigenvalue weighted by atomic mass is 32.2. The predicted octanol–water partition coefficient (Wildman–Crippen LogP) is 3.20. The highest BCUT2D eigenvalue weighted by Crippen LogP contribution is 2.24. The fourth-order valence-corrected chi connectivity index (χ4v) is 2.46. The van der Waals surface area contributed by atoms with E-state index in [0.717, 1.165) is 10.9 Å². The van der Waals surface area contributed by atoms with Gasteiger partial charge in [0.15, 0.2) is 10.9 Å². The molecule has 0 atom stereocenters. The molecule has 0 saturated heterocycles. The second kappa shape index (κ2) is 6.11. The molecule has 2 heterocycles. The molecular formula is C16H13N3O2S. The van der Waals surface area contributed by atoms with Crippen LogP contribution in [0, 0.1) is 0 Å². The molecule has 0 aliphatic carbocycles. The molecule has 3 aromatic rings. The number of hydrogen-bond donors (Lipinski definition) is 0. The van der Waals surface area contributed by atoms with Crippen molar-refractivity contribution >= 4 is 28.6 Å². The second-order valence-electron chi connectivity index (χ2n) is 4.50. The molecule has 0 spiro atoms. The predicted molar refractivity (Wildman–Crippen MR) is 85.9 cm³/mol. The van der Waals surface area contributed by atoms with Gasteiger partial charge in [-0.25, -0.2) is 19.7 Å². The minimum Gasteiger partial charge on any atom is -0.464 e. The molecule has 3 rings (SSSR count). The molecule has 0 aliphatic heterocycles. The van der Waals surface area contributed by atoms with Gasteiger partial charge in [-0.3, -0.25) is 0 Å². The summed E-state index contributed by atoms with van der Waals surface area (Å²) in [4.78, 5) is 25.1. The van der Waals surface area contributed by atoms with Crippen LogP contribution >= 0.6 is 11.8 Å². The quantitative estimate of drug-likeness (QED) is 0.420. The van der Waals surface area contributed by atoms with Gasteiger partial charge in [0.2, 0.25) is 0 Å². The molecule has 0 saturated carbocycles. The van der Waals surface area contributed by atoms with Gasteiger partial charge in [-0.2, -0.15) is 0 Å². The van der Waals surface area contributed by atoms with Crippen molar-refractivity contribution in [3.05, 3.63) is 48.3 Å². The molecule has 1 aromatic carbocycles. The summed E-state index contributed by atoms with van der Waals surface area (Å²) in [7, 11) is 1.33. The number of thioether (sulfide) groups is 1. The maximum absolute atomic E-state index is 12.0. The van der Waals surface area contributed by atoms with Crippen molar-refractivity contribution < 1.29 is 9.53 Å². The van der Waals surface area contributed by atoms with Crippen molar-refractivity contribution in [1.29, 1.82) is 0 Å². The van der Waals surface area contributed by atoms with Gasteiger partial charge in [0.25, 0.3) is 0 Å². The molecule has 0 bridgehead atoms. The van der Waals surface area contributed by atoms with Crippen LogP contribution in [0.25, 0.3) is 22.2 Å². The molecule has 5 nitrogen and oxygen atoms in total. The first-order valence-corrected chi connectivity index (χ1v) is 7.81. The van der Waals surface area contributed by atoms with Crippen LogP contribution in [0.2, 0.25) is 0 Å². The lowest BCUT2D eigenvalue weighted by atomic mass is 10.1. The zero-order valence-electron chi connectivity index (χ0n) is 12.1. The van der Waals surface area contributed by atoms with E-state index < -0.39 is 5.97 Å². The van der Waals surface area contributed by atoms with Crippen molar-refractivity contribution in [3.8, 4) is 11.3 Å². The molecule has 22 heavy (non-hydrogen) atoms. The van der Waals surface area contributed by atoms with Crippen molar-refractivity contribution in [1.82, 2.24) is 15.0 Å². The van der Waals surface area contributed by atoms with Crippen molar-refractivity contribution in [2.24, 2.45) is 0 Å². The molecule has 6 heteroatoms. The van der Waals surface area contributed by atoms with Crippen molar-refractivity contribution in [2.75, 3.05) is 13.4 Å². The van der Waals surface area contributed by atoms with Crippen LogP contribution in [0.1, 0.15) is 10.5 Å².